The average Bonchev–Trinajstić information content (AvgIpc) is 2.18. The number of thioether (sulfide) groups is 1. The Hall–Kier alpha value is -0.550. The van der Waals surface area contributed by atoms with Crippen molar-refractivity contribution in [2.45, 2.75) is 13.0 Å². The molecule has 15 heavy (non-hydrogen) atoms. The predicted octanol–water partition coefficient (Wildman–Crippen LogP) is 2.33. The number of carbonyl (C=O) groups excluding carboxylic acids is 1. The fourth-order valence-corrected chi connectivity index (χ4v) is 2.09. The Morgan fingerprint density at radius 3 is 3.07 bits per heavy atom. The highest BCUT2D eigenvalue weighted by Crippen LogP contribution is 2.08. The van der Waals surface area contributed by atoms with E-state index in [1.807, 2.05) is 13.2 Å². The van der Waals surface area contributed by atoms with Gasteiger partial charge in [-0.05, 0) is 41.2 Å². The molecule has 0 spiro atoms. The topological polar surface area (TPSA) is 42.0 Å². The van der Waals surface area contributed by atoms with Crippen LogP contribution in [0.15, 0.2) is 22.9 Å². The van der Waals surface area contributed by atoms with Gasteiger partial charge in [-0.25, -0.2) is 4.98 Å². The molecule has 1 amide bonds. The van der Waals surface area contributed by atoms with Gasteiger partial charge >= 0.3 is 0 Å². The molecule has 1 aromatic rings. The second kappa shape index (κ2) is 6.12. The third kappa shape index (κ3) is 4.22. The van der Waals surface area contributed by atoms with Crippen LogP contribution < -0.4 is 5.32 Å². The summed E-state index contributed by atoms with van der Waals surface area (Å²) in [6.45, 7) is 1.99. The molecule has 1 heterocycles. The number of nitrogens with zero attached hydrogens (tertiary/aromatic N) is 1. The Morgan fingerprint density at radius 1 is 1.73 bits per heavy atom. The highest BCUT2D eigenvalue weighted by atomic mass is 79.9. The summed E-state index contributed by atoms with van der Waals surface area (Å²) in [6.07, 6.45) is 3.63. The number of hydrogen-bond acceptors (Lipinski definition) is 3. The fraction of sp³-hybridized carbons (Fsp3) is 0.400. The number of nitrogens with one attached hydrogen (secondary N) is 1. The predicted molar refractivity (Wildman–Crippen MR) is 67.2 cm³/mol. The van der Waals surface area contributed by atoms with Crippen molar-refractivity contribution in [3.8, 4) is 0 Å². The first kappa shape index (κ1) is 12.5. The van der Waals surface area contributed by atoms with Crippen LogP contribution in [0.3, 0.4) is 0 Å². The molecule has 3 nitrogen and oxygen atoms in total. The van der Waals surface area contributed by atoms with E-state index in [0.29, 0.717) is 10.2 Å². The second-order valence-corrected chi connectivity index (χ2v) is 4.92. The Labute approximate surface area is 102 Å². The molecule has 0 saturated carbocycles. The minimum Gasteiger partial charge on any atom is -0.349 e. The lowest BCUT2D eigenvalue weighted by Crippen LogP contribution is -2.34. The van der Waals surface area contributed by atoms with E-state index in [1.54, 1.807) is 30.1 Å². The highest BCUT2D eigenvalue weighted by Gasteiger charge is 2.09. The summed E-state index contributed by atoms with van der Waals surface area (Å²) >= 11 is 4.95. The molecular formula is C10H13BrN2OS. The van der Waals surface area contributed by atoms with Crippen molar-refractivity contribution in [1.82, 2.24) is 10.3 Å². The molecule has 0 saturated heterocycles. The minimum atomic E-state index is -0.0559. The van der Waals surface area contributed by atoms with Crippen molar-refractivity contribution in [3.63, 3.8) is 0 Å². The summed E-state index contributed by atoms with van der Waals surface area (Å²) < 4.78 is 0.674. The van der Waals surface area contributed by atoms with Gasteiger partial charge in [-0.15, -0.1) is 0 Å². The maximum absolute atomic E-state index is 11.7. The van der Waals surface area contributed by atoms with E-state index in [9.17, 15) is 4.79 Å². The van der Waals surface area contributed by atoms with E-state index < -0.39 is 0 Å². The molecule has 0 aliphatic rings. The molecule has 0 radical (unpaired) electrons. The summed E-state index contributed by atoms with van der Waals surface area (Å²) in [6, 6.07) is 3.59. The summed E-state index contributed by atoms with van der Waals surface area (Å²) in [7, 11) is 0. The molecule has 0 aromatic carbocycles. The van der Waals surface area contributed by atoms with Crippen LogP contribution in [-0.2, 0) is 0 Å². The number of amides is 1. The number of aromatic nitrogens is 1. The smallest absolute Gasteiger partial charge is 0.251 e. The molecule has 0 aliphatic heterocycles. The Balaban J connectivity index is 2.61. The SMILES string of the molecule is CSCC(C)NC(=O)c1ccnc(Br)c1. The van der Waals surface area contributed by atoms with Crippen LogP contribution in [0.1, 0.15) is 17.3 Å². The number of pyridine rings is 1. The van der Waals surface area contributed by atoms with Gasteiger partial charge in [0.25, 0.3) is 5.91 Å². The highest BCUT2D eigenvalue weighted by molar-refractivity contribution is 9.10. The Bertz CT molecular complexity index is 346. The Morgan fingerprint density at radius 2 is 2.47 bits per heavy atom. The average molecular weight is 289 g/mol. The van der Waals surface area contributed by atoms with Crippen LogP contribution in [-0.4, -0.2) is 28.9 Å². The zero-order valence-corrected chi connectivity index (χ0v) is 11.1. The summed E-state index contributed by atoms with van der Waals surface area (Å²) in [5.41, 5.74) is 0.629. The quantitative estimate of drug-likeness (QED) is 0.865. The first-order valence-electron chi connectivity index (χ1n) is 4.55. The van der Waals surface area contributed by atoms with Crippen molar-refractivity contribution in [3.05, 3.63) is 28.5 Å². The van der Waals surface area contributed by atoms with Gasteiger partial charge in [0.05, 0.1) is 0 Å². The van der Waals surface area contributed by atoms with Crippen LogP contribution in [0.25, 0.3) is 0 Å². The fourth-order valence-electron chi connectivity index (χ4n) is 1.14. The van der Waals surface area contributed by atoms with Gasteiger partial charge in [0, 0.05) is 23.6 Å². The lowest BCUT2D eigenvalue weighted by atomic mass is 10.2. The molecule has 1 rings (SSSR count). The molecular weight excluding hydrogens is 276 g/mol. The van der Waals surface area contributed by atoms with Crippen molar-refractivity contribution in [1.29, 1.82) is 0 Å². The molecule has 0 fully saturated rings. The van der Waals surface area contributed by atoms with Gasteiger partial charge in [0.1, 0.15) is 4.60 Å². The van der Waals surface area contributed by atoms with Gasteiger partial charge < -0.3 is 5.32 Å². The molecule has 1 aromatic heterocycles. The van der Waals surface area contributed by atoms with Crippen molar-refractivity contribution < 1.29 is 4.79 Å². The molecule has 0 bridgehead atoms. The normalized spacial score (nSPS) is 12.2. The van der Waals surface area contributed by atoms with Crippen LogP contribution in [0.2, 0.25) is 0 Å². The van der Waals surface area contributed by atoms with E-state index >= 15 is 0 Å². The van der Waals surface area contributed by atoms with E-state index in [2.05, 4.69) is 26.2 Å². The van der Waals surface area contributed by atoms with Gasteiger partial charge in [0.2, 0.25) is 0 Å². The molecule has 82 valence electrons. The van der Waals surface area contributed by atoms with Gasteiger partial charge in [-0.2, -0.15) is 11.8 Å². The third-order valence-corrected chi connectivity index (χ3v) is 3.05. The molecule has 1 unspecified atom stereocenters. The van der Waals surface area contributed by atoms with E-state index in [4.69, 9.17) is 0 Å². The lowest BCUT2D eigenvalue weighted by molar-refractivity contribution is 0.0943. The lowest BCUT2D eigenvalue weighted by Gasteiger charge is -2.12. The third-order valence-electron chi connectivity index (χ3n) is 1.78. The van der Waals surface area contributed by atoms with E-state index in [1.165, 1.54) is 0 Å². The Kier molecular flexibility index (Phi) is 5.11. The van der Waals surface area contributed by atoms with E-state index in [-0.39, 0.29) is 11.9 Å². The maximum Gasteiger partial charge on any atom is 0.251 e. The standard InChI is InChI=1S/C10H13BrN2OS/c1-7(6-15-2)13-10(14)8-3-4-12-9(11)5-8/h3-5,7H,6H2,1-2H3,(H,13,14). The van der Waals surface area contributed by atoms with Crippen LogP contribution >= 0.6 is 27.7 Å². The summed E-state index contributed by atoms with van der Waals surface area (Å²) in [5.74, 6) is 0.859. The number of carbonyl (C=O) groups is 1. The van der Waals surface area contributed by atoms with Crippen LogP contribution in [0.5, 0.6) is 0 Å². The molecule has 0 aliphatic carbocycles. The molecule has 5 heteroatoms. The first-order valence-corrected chi connectivity index (χ1v) is 6.73. The monoisotopic (exact) mass is 288 g/mol. The summed E-state index contributed by atoms with van der Waals surface area (Å²) in [5, 5.41) is 2.92. The van der Waals surface area contributed by atoms with Crippen LogP contribution in [0, 0.1) is 0 Å². The maximum atomic E-state index is 11.7. The zero-order valence-electron chi connectivity index (χ0n) is 8.66. The van der Waals surface area contributed by atoms with Crippen molar-refractivity contribution >= 4 is 33.6 Å². The van der Waals surface area contributed by atoms with Crippen LogP contribution in [0.4, 0.5) is 0 Å². The van der Waals surface area contributed by atoms with Crippen molar-refractivity contribution in [2.75, 3.05) is 12.0 Å². The van der Waals surface area contributed by atoms with E-state index in [0.717, 1.165) is 5.75 Å². The minimum absolute atomic E-state index is 0.0559. The van der Waals surface area contributed by atoms with Gasteiger partial charge in [0.15, 0.2) is 0 Å². The molecule has 1 atom stereocenters. The summed E-state index contributed by atoms with van der Waals surface area (Å²) in [4.78, 5) is 15.7. The molecule has 1 N–H and O–H groups in total. The largest absolute Gasteiger partial charge is 0.349 e. The number of halogens is 1. The van der Waals surface area contributed by atoms with Gasteiger partial charge in [-0.1, -0.05) is 0 Å². The second-order valence-electron chi connectivity index (χ2n) is 3.20. The number of rotatable bonds is 4. The zero-order chi connectivity index (χ0) is 11.3. The van der Waals surface area contributed by atoms with Gasteiger partial charge in [-0.3, -0.25) is 4.79 Å². The number of hydrogen-bond donors (Lipinski definition) is 1. The van der Waals surface area contributed by atoms with Crippen molar-refractivity contribution in [2.24, 2.45) is 0 Å². The first-order chi connectivity index (χ1) is 7.13.